The molecule has 12 heteroatoms. The van der Waals surface area contributed by atoms with Gasteiger partial charge in [0.15, 0.2) is 0 Å². The summed E-state index contributed by atoms with van der Waals surface area (Å²) >= 11 is 0. The molecule has 3 N–H and O–H groups in total. The van der Waals surface area contributed by atoms with Crippen molar-refractivity contribution in [3.8, 4) is 0 Å². The standard InChI is InChI=1S/C18H19F5N4O.CH3NO/c1-10-9-12(6-7-24-10)25-17(28)16-14(18(21,22)23)15(11-4-5-11)26-27(16)8-2-3-13(19)20;2-1-3/h6-7,9,11,13H,2-5,8H2,1H3,(H,24,25,28);1H,(H2,2,3). The Morgan fingerprint density at radius 3 is 2.55 bits per heavy atom. The van der Waals surface area contributed by atoms with Crippen LogP contribution in [0.25, 0.3) is 0 Å². The molecule has 0 aliphatic heterocycles. The summed E-state index contributed by atoms with van der Waals surface area (Å²) in [7, 11) is 0. The van der Waals surface area contributed by atoms with Crippen LogP contribution in [0.3, 0.4) is 0 Å². The third-order valence-corrected chi connectivity index (χ3v) is 4.39. The van der Waals surface area contributed by atoms with Crippen molar-refractivity contribution in [2.24, 2.45) is 5.73 Å². The fourth-order valence-electron chi connectivity index (χ4n) is 3.00. The van der Waals surface area contributed by atoms with Gasteiger partial charge in [0, 0.05) is 36.5 Å². The van der Waals surface area contributed by atoms with Crippen molar-refractivity contribution in [2.45, 2.75) is 57.7 Å². The quantitative estimate of drug-likeness (QED) is 0.497. The zero-order valence-electron chi connectivity index (χ0n) is 16.6. The number of nitrogens with one attached hydrogen (secondary N) is 1. The van der Waals surface area contributed by atoms with Gasteiger partial charge in [0.25, 0.3) is 5.91 Å². The molecule has 0 aromatic carbocycles. The highest BCUT2D eigenvalue weighted by atomic mass is 19.4. The maximum atomic E-state index is 13.8. The molecule has 170 valence electrons. The minimum Gasteiger partial charge on any atom is -0.372 e. The first-order valence-corrected chi connectivity index (χ1v) is 9.43. The van der Waals surface area contributed by atoms with Crippen LogP contribution in [-0.4, -0.2) is 33.5 Å². The van der Waals surface area contributed by atoms with Gasteiger partial charge in [0.05, 0.1) is 5.69 Å². The number of pyridine rings is 1. The zero-order chi connectivity index (χ0) is 23.2. The molecule has 1 aliphatic rings. The van der Waals surface area contributed by atoms with Crippen molar-refractivity contribution in [3.63, 3.8) is 0 Å². The summed E-state index contributed by atoms with van der Waals surface area (Å²) in [6.45, 7) is 1.48. The van der Waals surface area contributed by atoms with Gasteiger partial charge in [-0.1, -0.05) is 0 Å². The number of halogens is 5. The molecule has 1 saturated carbocycles. The Morgan fingerprint density at radius 2 is 2.03 bits per heavy atom. The number of amides is 2. The van der Waals surface area contributed by atoms with Crippen LogP contribution in [0.15, 0.2) is 18.3 Å². The predicted molar refractivity (Wildman–Crippen MR) is 102 cm³/mol. The Balaban J connectivity index is 0.00000107. The molecule has 2 amide bonds. The third-order valence-electron chi connectivity index (χ3n) is 4.39. The number of nitrogens with two attached hydrogens (primary N) is 1. The minimum atomic E-state index is -4.78. The van der Waals surface area contributed by atoms with E-state index in [4.69, 9.17) is 4.79 Å². The minimum absolute atomic E-state index is 0.0879. The van der Waals surface area contributed by atoms with E-state index in [0.717, 1.165) is 4.68 Å². The lowest BCUT2D eigenvalue weighted by Crippen LogP contribution is -2.22. The van der Waals surface area contributed by atoms with E-state index in [1.165, 1.54) is 18.3 Å². The van der Waals surface area contributed by atoms with E-state index in [1.807, 2.05) is 0 Å². The first-order chi connectivity index (χ1) is 14.6. The van der Waals surface area contributed by atoms with Crippen molar-refractivity contribution in [2.75, 3.05) is 5.32 Å². The number of primary amides is 1. The molecule has 1 aliphatic carbocycles. The van der Waals surface area contributed by atoms with Crippen LogP contribution >= 0.6 is 0 Å². The van der Waals surface area contributed by atoms with E-state index < -0.39 is 36.2 Å². The summed E-state index contributed by atoms with van der Waals surface area (Å²) < 4.78 is 67.1. The number of rotatable bonds is 7. The van der Waals surface area contributed by atoms with Crippen molar-refractivity contribution >= 4 is 18.0 Å². The Kier molecular flexibility index (Phi) is 8.06. The number of aryl methyl sites for hydroxylation is 2. The van der Waals surface area contributed by atoms with Gasteiger partial charge in [-0.2, -0.15) is 18.3 Å². The van der Waals surface area contributed by atoms with Gasteiger partial charge >= 0.3 is 6.18 Å². The highest BCUT2D eigenvalue weighted by Gasteiger charge is 2.45. The van der Waals surface area contributed by atoms with Gasteiger partial charge in [0.2, 0.25) is 12.8 Å². The first-order valence-electron chi connectivity index (χ1n) is 9.43. The largest absolute Gasteiger partial charge is 0.420 e. The summed E-state index contributed by atoms with van der Waals surface area (Å²) in [5, 5.41) is 6.43. The van der Waals surface area contributed by atoms with Crippen LogP contribution in [0.5, 0.6) is 0 Å². The molecule has 31 heavy (non-hydrogen) atoms. The van der Waals surface area contributed by atoms with Crippen molar-refractivity contribution in [1.82, 2.24) is 14.8 Å². The highest BCUT2D eigenvalue weighted by molar-refractivity contribution is 6.04. The molecule has 7 nitrogen and oxygen atoms in total. The van der Waals surface area contributed by atoms with Crippen LogP contribution in [-0.2, 0) is 17.5 Å². The maximum Gasteiger partial charge on any atom is 0.420 e. The lowest BCUT2D eigenvalue weighted by molar-refractivity contribution is -0.138. The number of anilines is 1. The number of nitrogens with zero attached hydrogens (tertiary/aromatic N) is 3. The summed E-state index contributed by atoms with van der Waals surface area (Å²) in [6.07, 6.45) is -5.13. The average molecular weight is 447 g/mol. The second kappa shape index (κ2) is 10.3. The van der Waals surface area contributed by atoms with Crippen molar-refractivity contribution < 1.29 is 31.5 Å². The monoisotopic (exact) mass is 447 g/mol. The third kappa shape index (κ3) is 6.72. The van der Waals surface area contributed by atoms with E-state index in [1.54, 1.807) is 6.92 Å². The maximum absolute atomic E-state index is 13.8. The molecule has 1 fully saturated rings. The predicted octanol–water partition coefficient (Wildman–Crippen LogP) is 3.88. The molecule has 0 radical (unpaired) electrons. The van der Waals surface area contributed by atoms with E-state index in [2.05, 4.69) is 21.1 Å². The summed E-state index contributed by atoms with van der Waals surface area (Å²) in [5.74, 6) is -1.34. The van der Waals surface area contributed by atoms with E-state index in [-0.39, 0.29) is 31.0 Å². The van der Waals surface area contributed by atoms with Gasteiger partial charge in [0.1, 0.15) is 11.3 Å². The lowest BCUT2D eigenvalue weighted by Gasteiger charge is -2.12. The summed E-state index contributed by atoms with van der Waals surface area (Å²) in [4.78, 5) is 25.3. The van der Waals surface area contributed by atoms with Crippen LogP contribution < -0.4 is 11.1 Å². The van der Waals surface area contributed by atoms with Crippen LogP contribution in [0, 0.1) is 6.92 Å². The van der Waals surface area contributed by atoms with Gasteiger partial charge in [-0.15, -0.1) is 0 Å². The zero-order valence-corrected chi connectivity index (χ0v) is 16.6. The van der Waals surface area contributed by atoms with Crippen molar-refractivity contribution in [3.05, 3.63) is 41.0 Å². The highest BCUT2D eigenvalue weighted by Crippen LogP contribution is 2.46. The Labute approximate surface area is 174 Å². The molecular formula is C19H22F5N5O2. The van der Waals surface area contributed by atoms with E-state index in [9.17, 15) is 26.7 Å². The smallest absolute Gasteiger partial charge is 0.372 e. The van der Waals surface area contributed by atoms with Gasteiger partial charge in [-0.05, 0) is 38.3 Å². The molecule has 0 unspecified atom stereocenters. The number of hydrogen-bond acceptors (Lipinski definition) is 4. The van der Waals surface area contributed by atoms with Gasteiger partial charge in [-0.3, -0.25) is 19.3 Å². The molecule has 0 saturated heterocycles. The molecule has 2 aromatic rings. The SMILES string of the molecule is Cc1cc(NC(=O)c2c(C(F)(F)F)c(C3CC3)nn2CCCC(F)F)ccn1.NC=O. The van der Waals surface area contributed by atoms with E-state index >= 15 is 0 Å². The topological polar surface area (TPSA) is 103 Å². The number of carbonyl (C=O) groups is 2. The fraction of sp³-hybridized carbons (Fsp3) is 0.474. The van der Waals surface area contributed by atoms with E-state index in [0.29, 0.717) is 24.2 Å². The molecule has 2 heterocycles. The number of alkyl halides is 5. The molecule has 0 spiro atoms. The summed E-state index contributed by atoms with van der Waals surface area (Å²) in [5.41, 5.74) is 3.14. The number of hydrogen-bond donors (Lipinski definition) is 2. The van der Waals surface area contributed by atoms with Crippen LogP contribution in [0.2, 0.25) is 0 Å². The second-order valence-corrected chi connectivity index (χ2v) is 6.91. The second-order valence-electron chi connectivity index (χ2n) is 6.91. The molecule has 3 rings (SSSR count). The normalized spacial score (nSPS) is 13.5. The summed E-state index contributed by atoms with van der Waals surface area (Å²) in [6, 6.07) is 2.97. The number of carbonyl (C=O) groups excluding carboxylic acids is 2. The van der Waals surface area contributed by atoms with Gasteiger partial charge in [-0.25, -0.2) is 8.78 Å². The Hall–Kier alpha value is -3.05. The molecule has 0 bridgehead atoms. The first kappa shape index (κ1) is 24.2. The molecule has 2 aromatic heterocycles. The molecule has 0 atom stereocenters. The van der Waals surface area contributed by atoms with Crippen molar-refractivity contribution in [1.29, 1.82) is 0 Å². The number of aromatic nitrogens is 3. The Bertz CT molecular complexity index is 910. The van der Waals surface area contributed by atoms with Gasteiger partial charge < -0.3 is 11.1 Å². The molecular weight excluding hydrogens is 425 g/mol. The van der Waals surface area contributed by atoms with Crippen LogP contribution in [0.1, 0.15) is 59.0 Å². The fourth-order valence-corrected chi connectivity index (χ4v) is 3.00. The lowest BCUT2D eigenvalue weighted by atomic mass is 10.1. The Morgan fingerprint density at radius 1 is 1.39 bits per heavy atom. The average Bonchev–Trinajstić information content (AvgIpc) is 3.42. The van der Waals surface area contributed by atoms with Crippen LogP contribution in [0.4, 0.5) is 27.6 Å².